The summed E-state index contributed by atoms with van der Waals surface area (Å²) in [6.07, 6.45) is 9.01. The molecule has 5 fully saturated rings. The van der Waals surface area contributed by atoms with Gasteiger partial charge in [-0.3, -0.25) is 0 Å². The molecule has 0 aromatic rings. The molecule has 5 aliphatic carbocycles. The molecule has 0 aromatic heterocycles. The fourth-order valence-electron chi connectivity index (χ4n) is 13.2. The van der Waals surface area contributed by atoms with Gasteiger partial charge >= 0.3 is 0 Å². The Balaban J connectivity index is 1.70. The Kier molecular flexibility index (Phi) is 5.71. The molecule has 1 spiro atoms. The van der Waals surface area contributed by atoms with E-state index in [2.05, 4.69) is 62.3 Å². The third-order valence-electron chi connectivity index (χ3n) is 13.3. The van der Waals surface area contributed by atoms with Gasteiger partial charge in [0.25, 0.3) is 0 Å². The SMILES string of the molecule is CCC1CC(C)C2C(C)CC(C)C3C4CCC(C)C5C(C)CC(C)C(C45)C(C)C23C1C. The Morgan fingerprint density at radius 1 is 0.548 bits per heavy atom. The molecule has 5 aliphatic rings. The minimum atomic E-state index is 0.612. The van der Waals surface area contributed by atoms with E-state index < -0.39 is 0 Å². The lowest BCUT2D eigenvalue weighted by Crippen LogP contribution is -2.70. The second-order valence-corrected chi connectivity index (χ2v) is 14.3. The summed E-state index contributed by atoms with van der Waals surface area (Å²) < 4.78 is 0. The van der Waals surface area contributed by atoms with Crippen LogP contribution in [0.3, 0.4) is 0 Å². The van der Waals surface area contributed by atoms with E-state index in [1.54, 1.807) is 6.42 Å². The van der Waals surface area contributed by atoms with Crippen LogP contribution in [-0.4, -0.2) is 0 Å². The van der Waals surface area contributed by atoms with Crippen LogP contribution in [0.1, 0.15) is 101 Å². The van der Waals surface area contributed by atoms with Crippen LogP contribution in [0, 0.1) is 94.2 Å². The summed E-state index contributed by atoms with van der Waals surface area (Å²) in [6, 6.07) is 0. The highest BCUT2D eigenvalue weighted by Crippen LogP contribution is 2.75. The Labute approximate surface area is 195 Å². The van der Waals surface area contributed by atoms with Crippen LogP contribution in [0.15, 0.2) is 0 Å². The summed E-state index contributed by atoms with van der Waals surface area (Å²) >= 11 is 0. The summed E-state index contributed by atoms with van der Waals surface area (Å²) in [5.41, 5.74) is 0.612. The van der Waals surface area contributed by atoms with Crippen molar-refractivity contribution < 1.29 is 0 Å². The average Bonchev–Trinajstić information content (AvgIpc) is 2.70. The molecule has 16 atom stereocenters. The molecule has 0 radical (unpaired) electrons. The van der Waals surface area contributed by atoms with Crippen molar-refractivity contribution in [1.82, 2.24) is 0 Å². The maximum Gasteiger partial charge on any atom is -0.0174 e. The summed E-state index contributed by atoms with van der Waals surface area (Å²) in [4.78, 5) is 0. The number of hydrogen-bond acceptors (Lipinski definition) is 0. The standard InChI is InChI=1S/C31H54/c1-10-24-15-21(7)29-19(5)14-20(6)30-25-12-11-16(2)26-17(3)13-18(4)27(28(25)26)23(9)31(29,30)22(24)8/h16-30H,10-15H2,1-9H3. The lowest BCUT2D eigenvalue weighted by Gasteiger charge is -2.75. The van der Waals surface area contributed by atoms with E-state index in [0.717, 1.165) is 88.8 Å². The Bertz CT molecular complexity index is 665. The highest BCUT2D eigenvalue weighted by atomic mass is 14.7. The summed E-state index contributed by atoms with van der Waals surface area (Å²) in [5, 5.41) is 0. The molecule has 0 N–H and O–H groups in total. The maximum atomic E-state index is 2.82. The Hall–Kier alpha value is 0. The van der Waals surface area contributed by atoms with E-state index in [0.29, 0.717) is 5.41 Å². The Morgan fingerprint density at radius 2 is 1.13 bits per heavy atom. The van der Waals surface area contributed by atoms with Gasteiger partial charge in [-0.25, -0.2) is 0 Å². The van der Waals surface area contributed by atoms with E-state index in [1.807, 2.05) is 0 Å². The van der Waals surface area contributed by atoms with Gasteiger partial charge in [0.2, 0.25) is 0 Å². The molecule has 0 aliphatic heterocycles. The topological polar surface area (TPSA) is 0 Å². The molecule has 0 heteroatoms. The van der Waals surface area contributed by atoms with Crippen molar-refractivity contribution in [2.45, 2.75) is 101 Å². The van der Waals surface area contributed by atoms with Crippen LogP contribution in [0.25, 0.3) is 0 Å². The minimum Gasteiger partial charge on any atom is -0.0651 e. The molecule has 178 valence electrons. The first-order valence-electron chi connectivity index (χ1n) is 14.7. The van der Waals surface area contributed by atoms with Gasteiger partial charge in [0.15, 0.2) is 0 Å². The van der Waals surface area contributed by atoms with Gasteiger partial charge in [-0.15, -0.1) is 0 Å². The molecular formula is C31H54. The molecule has 0 amide bonds. The average molecular weight is 427 g/mol. The zero-order chi connectivity index (χ0) is 22.4. The molecule has 16 unspecified atom stereocenters. The molecule has 0 bridgehead atoms. The van der Waals surface area contributed by atoms with Crippen LogP contribution in [0.5, 0.6) is 0 Å². The molecule has 5 rings (SSSR count). The van der Waals surface area contributed by atoms with E-state index in [1.165, 1.54) is 32.1 Å². The van der Waals surface area contributed by atoms with Gasteiger partial charge in [0, 0.05) is 0 Å². The van der Waals surface area contributed by atoms with Crippen LogP contribution >= 0.6 is 0 Å². The highest BCUT2D eigenvalue weighted by Gasteiger charge is 2.70. The maximum absolute atomic E-state index is 2.82. The van der Waals surface area contributed by atoms with Gasteiger partial charge in [-0.05, 0) is 120 Å². The number of fused-ring (bicyclic) bond motifs is 1. The zero-order valence-electron chi connectivity index (χ0n) is 22.4. The molecular weight excluding hydrogens is 372 g/mol. The minimum absolute atomic E-state index is 0.612. The normalized spacial score (nSPS) is 63.6. The third kappa shape index (κ3) is 2.84. The predicted octanol–water partition coefficient (Wildman–Crippen LogP) is 8.80. The lowest BCUT2D eigenvalue weighted by atomic mass is 9.29. The molecule has 5 saturated carbocycles. The number of rotatable bonds is 1. The van der Waals surface area contributed by atoms with Crippen molar-refractivity contribution in [1.29, 1.82) is 0 Å². The molecule has 0 nitrogen and oxygen atoms in total. The smallest absolute Gasteiger partial charge is 0.0174 e. The monoisotopic (exact) mass is 426 g/mol. The second kappa shape index (κ2) is 7.77. The molecule has 31 heavy (non-hydrogen) atoms. The van der Waals surface area contributed by atoms with Gasteiger partial charge in [-0.1, -0.05) is 75.2 Å². The zero-order valence-corrected chi connectivity index (χ0v) is 22.4. The van der Waals surface area contributed by atoms with Crippen molar-refractivity contribution in [3.63, 3.8) is 0 Å². The quantitative estimate of drug-likeness (QED) is 0.393. The predicted molar refractivity (Wildman–Crippen MR) is 134 cm³/mol. The molecule has 0 aromatic carbocycles. The fourth-order valence-corrected chi connectivity index (χ4v) is 13.2. The lowest BCUT2D eigenvalue weighted by molar-refractivity contribution is -0.276. The van der Waals surface area contributed by atoms with E-state index in [9.17, 15) is 0 Å². The van der Waals surface area contributed by atoms with Crippen LogP contribution in [0.2, 0.25) is 0 Å². The fraction of sp³-hybridized carbons (Fsp3) is 1.00. The van der Waals surface area contributed by atoms with Crippen LogP contribution in [0.4, 0.5) is 0 Å². The largest absolute Gasteiger partial charge is 0.0651 e. The summed E-state index contributed by atoms with van der Waals surface area (Å²) in [5.74, 6) is 14.5. The van der Waals surface area contributed by atoms with Crippen LogP contribution < -0.4 is 0 Å². The van der Waals surface area contributed by atoms with Gasteiger partial charge in [0.1, 0.15) is 0 Å². The van der Waals surface area contributed by atoms with E-state index in [-0.39, 0.29) is 0 Å². The van der Waals surface area contributed by atoms with Crippen molar-refractivity contribution in [2.24, 2.45) is 94.2 Å². The van der Waals surface area contributed by atoms with Crippen molar-refractivity contribution in [3.8, 4) is 0 Å². The highest BCUT2D eigenvalue weighted by molar-refractivity contribution is 5.18. The third-order valence-corrected chi connectivity index (χ3v) is 13.3. The van der Waals surface area contributed by atoms with Gasteiger partial charge in [0.05, 0.1) is 0 Å². The van der Waals surface area contributed by atoms with Crippen molar-refractivity contribution in [3.05, 3.63) is 0 Å². The van der Waals surface area contributed by atoms with Crippen LogP contribution in [-0.2, 0) is 0 Å². The first-order chi connectivity index (χ1) is 14.7. The molecule has 0 heterocycles. The molecule has 0 saturated heterocycles. The van der Waals surface area contributed by atoms with Crippen molar-refractivity contribution in [2.75, 3.05) is 0 Å². The van der Waals surface area contributed by atoms with Crippen molar-refractivity contribution >= 4 is 0 Å². The second-order valence-electron chi connectivity index (χ2n) is 14.3. The van der Waals surface area contributed by atoms with E-state index in [4.69, 9.17) is 0 Å². The number of hydrogen-bond donors (Lipinski definition) is 0. The first kappa shape index (κ1) is 22.8. The van der Waals surface area contributed by atoms with Gasteiger partial charge < -0.3 is 0 Å². The summed E-state index contributed by atoms with van der Waals surface area (Å²) in [6.45, 7) is 24.1. The van der Waals surface area contributed by atoms with E-state index >= 15 is 0 Å². The van der Waals surface area contributed by atoms with Gasteiger partial charge in [-0.2, -0.15) is 0 Å². The Morgan fingerprint density at radius 3 is 1.81 bits per heavy atom. The summed E-state index contributed by atoms with van der Waals surface area (Å²) in [7, 11) is 0. The first-order valence-corrected chi connectivity index (χ1v) is 14.7.